The number of halogens is 1. The second-order valence-electron chi connectivity index (χ2n) is 6.61. The maximum Gasteiger partial charge on any atom is 0.244 e. The molecular formula is C21H25FN2O2. The molecule has 0 aliphatic carbocycles. The van der Waals surface area contributed by atoms with Gasteiger partial charge in [0, 0.05) is 19.2 Å². The van der Waals surface area contributed by atoms with Crippen molar-refractivity contribution < 1.29 is 14.0 Å². The largest absolute Gasteiger partial charge is 0.333 e. The Morgan fingerprint density at radius 3 is 2.35 bits per heavy atom. The van der Waals surface area contributed by atoms with E-state index in [1.807, 2.05) is 24.3 Å². The quantitative estimate of drug-likeness (QED) is 0.816. The number of hydrogen-bond acceptors (Lipinski definition) is 2. The molecule has 0 saturated carbocycles. The summed E-state index contributed by atoms with van der Waals surface area (Å²) in [7, 11) is 0. The highest BCUT2D eigenvalue weighted by molar-refractivity contribution is 5.95. The zero-order valence-electron chi connectivity index (χ0n) is 15.5. The van der Waals surface area contributed by atoms with E-state index in [0.717, 1.165) is 16.8 Å². The van der Waals surface area contributed by atoms with Crippen LogP contribution in [0.5, 0.6) is 0 Å². The zero-order chi connectivity index (χ0) is 19.1. The monoisotopic (exact) mass is 356 g/mol. The second kappa shape index (κ2) is 9.13. The van der Waals surface area contributed by atoms with Crippen LogP contribution in [0.4, 0.5) is 10.1 Å². The molecule has 4 nitrogen and oxygen atoms in total. The van der Waals surface area contributed by atoms with Gasteiger partial charge in [-0.15, -0.1) is 0 Å². The highest BCUT2D eigenvalue weighted by atomic mass is 19.1. The minimum Gasteiger partial charge on any atom is -0.333 e. The Kier molecular flexibility index (Phi) is 6.89. The summed E-state index contributed by atoms with van der Waals surface area (Å²) in [6, 6.07) is 13.8. The van der Waals surface area contributed by atoms with Crippen LogP contribution in [0.1, 0.15) is 37.8 Å². The number of carbonyl (C=O) groups is 2. The number of carbonyl (C=O) groups excluding carboxylic acids is 2. The number of nitrogens with one attached hydrogen (secondary N) is 1. The van der Waals surface area contributed by atoms with Gasteiger partial charge in [0.1, 0.15) is 5.82 Å². The van der Waals surface area contributed by atoms with E-state index in [1.165, 1.54) is 24.0 Å². The van der Waals surface area contributed by atoms with E-state index in [2.05, 4.69) is 19.2 Å². The van der Waals surface area contributed by atoms with Gasteiger partial charge in [-0.25, -0.2) is 4.39 Å². The Morgan fingerprint density at radius 2 is 1.73 bits per heavy atom. The summed E-state index contributed by atoms with van der Waals surface area (Å²) in [4.78, 5) is 25.8. The molecule has 0 fully saturated rings. The van der Waals surface area contributed by atoms with Crippen molar-refractivity contribution in [1.29, 1.82) is 0 Å². The number of para-hydroxylation sites is 1. The Bertz CT molecular complexity index is 757. The molecule has 0 spiro atoms. The molecule has 138 valence electrons. The van der Waals surface area contributed by atoms with E-state index in [4.69, 9.17) is 0 Å². The van der Waals surface area contributed by atoms with Crippen LogP contribution in [0, 0.1) is 5.82 Å². The van der Waals surface area contributed by atoms with Gasteiger partial charge in [0.15, 0.2) is 0 Å². The highest BCUT2D eigenvalue weighted by Crippen LogP contribution is 2.23. The van der Waals surface area contributed by atoms with E-state index in [9.17, 15) is 14.0 Å². The fraction of sp³-hybridized carbons (Fsp3) is 0.333. The van der Waals surface area contributed by atoms with E-state index < -0.39 is 0 Å². The Labute approximate surface area is 154 Å². The maximum absolute atomic E-state index is 13.0. The molecule has 1 N–H and O–H groups in total. The molecule has 0 radical (unpaired) electrons. The average Bonchev–Trinajstić information content (AvgIpc) is 2.60. The molecule has 0 atom stereocenters. The lowest BCUT2D eigenvalue weighted by molar-refractivity contribution is -0.132. The van der Waals surface area contributed by atoms with Gasteiger partial charge in [-0.2, -0.15) is 0 Å². The smallest absolute Gasteiger partial charge is 0.244 e. The van der Waals surface area contributed by atoms with Crippen molar-refractivity contribution in [3.05, 3.63) is 65.5 Å². The Balaban J connectivity index is 1.97. The topological polar surface area (TPSA) is 49.4 Å². The lowest BCUT2D eigenvalue weighted by atomic mass is 10.0. The van der Waals surface area contributed by atoms with Crippen LogP contribution in [0.3, 0.4) is 0 Å². The van der Waals surface area contributed by atoms with Crippen LogP contribution in [-0.2, 0) is 16.0 Å². The molecule has 2 aromatic rings. The van der Waals surface area contributed by atoms with Crippen LogP contribution in [0.15, 0.2) is 48.5 Å². The number of amides is 2. The van der Waals surface area contributed by atoms with Crippen molar-refractivity contribution in [3.8, 4) is 0 Å². The Morgan fingerprint density at radius 1 is 1.08 bits per heavy atom. The molecule has 5 heteroatoms. The molecule has 2 amide bonds. The van der Waals surface area contributed by atoms with Gasteiger partial charge in [-0.05, 0) is 41.7 Å². The summed E-state index contributed by atoms with van der Waals surface area (Å²) >= 11 is 0. The van der Waals surface area contributed by atoms with E-state index in [-0.39, 0.29) is 30.1 Å². The van der Waals surface area contributed by atoms with Crippen molar-refractivity contribution in [2.24, 2.45) is 0 Å². The van der Waals surface area contributed by atoms with E-state index >= 15 is 0 Å². The average molecular weight is 356 g/mol. The van der Waals surface area contributed by atoms with Gasteiger partial charge >= 0.3 is 0 Å². The standard InChI is InChI=1S/C21H25FN2O2/c1-15(2)19-6-4-5-7-20(19)23-21(26)14-24(16(3)25)13-12-17-8-10-18(22)11-9-17/h4-11,15H,12-14H2,1-3H3,(H,23,26). The molecule has 0 aliphatic rings. The van der Waals surface area contributed by atoms with Crippen LogP contribution in [0.25, 0.3) is 0 Å². The Hall–Kier alpha value is -2.69. The normalized spacial score (nSPS) is 10.7. The first-order chi connectivity index (χ1) is 12.4. The van der Waals surface area contributed by atoms with Crippen molar-refractivity contribution in [1.82, 2.24) is 4.90 Å². The molecular weight excluding hydrogens is 331 g/mol. The molecule has 2 aromatic carbocycles. The molecule has 2 rings (SSSR count). The maximum atomic E-state index is 13.0. The van der Waals surface area contributed by atoms with Crippen LogP contribution < -0.4 is 5.32 Å². The van der Waals surface area contributed by atoms with E-state index in [0.29, 0.717) is 13.0 Å². The van der Waals surface area contributed by atoms with Crippen LogP contribution >= 0.6 is 0 Å². The second-order valence-corrected chi connectivity index (χ2v) is 6.61. The SMILES string of the molecule is CC(=O)N(CCc1ccc(F)cc1)CC(=O)Nc1ccccc1C(C)C. The molecule has 0 unspecified atom stereocenters. The summed E-state index contributed by atoms with van der Waals surface area (Å²) < 4.78 is 13.0. The van der Waals surface area contributed by atoms with E-state index in [1.54, 1.807) is 12.1 Å². The van der Waals surface area contributed by atoms with Gasteiger partial charge in [-0.1, -0.05) is 44.2 Å². The fourth-order valence-electron chi connectivity index (χ4n) is 2.74. The van der Waals surface area contributed by atoms with Crippen LogP contribution in [0.2, 0.25) is 0 Å². The van der Waals surface area contributed by atoms with Gasteiger partial charge in [0.25, 0.3) is 0 Å². The minimum absolute atomic E-state index is 0.0110. The predicted molar refractivity (Wildman–Crippen MR) is 102 cm³/mol. The number of benzene rings is 2. The molecule has 0 aromatic heterocycles. The lowest BCUT2D eigenvalue weighted by Gasteiger charge is -2.21. The lowest BCUT2D eigenvalue weighted by Crippen LogP contribution is -2.38. The summed E-state index contributed by atoms with van der Waals surface area (Å²) in [5.41, 5.74) is 2.75. The molecule has 26 heavy (non-hydrogen) atoms. The highest BCUT2D eigenvalue weighted by Gasteiger charge is 2.15. The number of hydrogen-bond donors (Lipinski definition) is 1. The first kappa shape index (κ1) is 19.6. The third-order valence-electron chi connectivity index (χ3n) is 4.22. The fourth-order valence-corrected chi connectivity index (χ4v) is 2.74. The van der Waals surface area contributed by atoms with Gasteiger partial charge in [0.2, 0.25) is 11.8 Å². The van der Waals surface area contributed by atoms with Gasteiger partial charge in [-0.3, -0.25) is 9.59 Å². The number of anilines is 1. The molecule has 0 bridgehead atoms. The summed E-state index contributed by atoms with van der Waals surface area (Å²) in [6.07, 6.45) is 0.565. The molecule has 0 aliphatic heterocycles. The minimum atomic E-state index is -0.291. The van der Waals surface area contributed by atoms with Crippen molar-refractivity contribution in [2.45, 2.75) is 33.1 Å². The summed E-state index contributed by atoms with van der Waals surface area (Å²) in [6.45, 7) is 5.97. The summed E-state index contributed by atoms with van der Waals surface area (Å²) in [5.74, 6) is -0.402. The third kappa shape index (κ3) is 5.69. The van der Waals surface area contributed by atoms with Crippen molar-refractivity contribution >= 4 is 17.5 Å². The third-order valence-corrected chi connectivity index (χ3v) is 4.22. The number of rotatable bonds is 7. The first-order valence-electron chi connectivity index (χ1n) is 8.75. The number of nitrogens with zero attached hydrogens (tertiary/aromatic N) is 1. The van der Waals surface area contributed by atoms with Crippen molar-refractivity contribution in [2.75, 3.05) is 18.4 Å². The first-order valence-corrected chi connectivity index (χ1v) is 8.75. The molecule has 0 heterocycles. The van der Waals surface area contributed by atoms with Crippen LogP contribution in [-0.4, -0.2) is 29.8 Å². The van der Waals surface area contributed by atoms with Gasteiger partial charge in [0.05, 0.1) is 6.54 Å². The predicted octanol–water partition coefficient (Wildman–Crippen LogP) is 3.98. The zero-order valence-corrected chi connectivity index (χ0v) is 15.5. The van der Waals surface area contributed by atoms with Gasteiger partial charge < -0.3 is 10.2 Å². The summed E-state index contributed by atoms with van der Waals surface area (Å²) in [5, 5.41) is 2.90. The molecule has 0 saturated heterocycles. The van der Waals surface area contributed by atoms with Crippen molar-refractivity contribution in [3.63, 3.8) is 0 Å².